The van der Waals surface area contributed by atoms with Crippen molar-refractivity contribution in [2.45, 2.75) is 0 Å². The largest absolute Gasteiger partial charge is 0.312 e. The summed E-state index contributed by atoms with van der Waals surface area (Å²) in [7, 11) is 0. The lowest BCUT2D eigenvalue weighted by Crippen LogP contribution is -1.80. The highest BCUT2D eigenvalue weighted by Gasteiger charge is 1.97. The minimum absolute atomic E-state index is 0.628. The van der Waals surface area contributed by atoms with Crippen LogP contribution in [0, 0.1) is 0 Å². The molecule has 16 heavy (non-hydrogen) atoms. The zero-order chi connectivity index (χ0) is 11.5. The third-order valence-electron chi connectivity index (χ3n) is 1.96. The van der Waals surface area contributed by atoms with Gasteiger partial charge < -0.3 is 4.57 Å². The van der Waals surface area contributed by atoms with Crippen molar-refractivity contribution in [2.24, 2.45) is 0 Å². The fraction of sp³-hybridized carbons (Fsp3) is 0. The molecule has 0 atom stereocenters. The minimum atomic E-state index is 0.628. The third-order valence-corrected chi connectivity index (χ3v) is 2.93. The molecule has 5 heteroatoms. The summed E-state index contributed by atoms with van der Waals surface area (Å²) in [4.78, 5) is 4.04. The van der Waals surface area contributed by atoms with Gasteiger partial charge in [0.05, 0.1) is 0 Å². The van der Waals surface area contributed by atoms with Crippen LogP contribution < -0.4 is 0 Å². The maximum atomic E-state index is 6.03. The summed E-state index contributed by atoms with van der Waals surface area (Å²) in [5, 5.41) is 1.26. The molecule has 0 N–H and O–H groups in total. The second kappa shape index (κ2) is 5.04. The molecule has 0 saturated carbocycles. The maximum Gasteiger partial charge on any atom is 0.124 e. The average molecular weight is 318 g/mol. The molecule has 0 radical (unpaired) electrons. The molecule has 1 aromatic heterocycles. The van der Waals surface area contributed by atoms with Crippen molar-refractivity contribution >= 4 is 51.4 Å². The molecule has 82 valence electrons. The molecule has 1 aromatic carbocycles. The molecule has 0 amide bonds. The second-order valence-corrected chi connectivity index (χ2v) is 4.78. The van der Waals surface area contributed by atoms with Gasteiger partial charge >= 0.3 is 0 Å². The quantitative estimate of drug-likeness (QED) is 0.792. The normalized spacial score (nSPS) is 11.2. The highest BCUT2D eigenvalue weighted by Crippen LogP contribution is 2.22. The van der Waals surface area contributed by atoms with E-state index in [2.05, 4.69) is 20.9 Å². The standard InChI is InChI=1S/C11H7BrCl2N2/c12-11-6-16(7-15-11)4-3-8-1-2-9(13)5-10(8)14/h1-7H/b4-3+. The van der Waals surface area contributed by atoms with Gasteiger partial charge in [0.25, 0.3) is 0 Å². The Morgan fingerprint density at radius 3 is 2.75 bits per heavy atom. The van der Waals surface area contributed by atoms with Gasteiger partial charge in [0.15, 0.2) is 0 Å². The lowest BCUT2D eigenvalue weighted by molar-refractivity contribution is 1.14. The summed E-state index contributed by atoms with van der Waals surface area (Å²) in [5.41, 5.74) is 0.913. The first-order valence-electron chi connectivity index (χ1n) is 4.47. The summed E-state index contributed by atoms with van der Waals surface area (Å²) in [5.74, 6) is 0. The van der Waals surface area contributed by atoms with E-state index in [0.29, 0.717) is 10.0 Å². The molecular formula is C11H7BrCl2N2. The van der Waals surface area contributed by atoms with E-state index in [1.807, 2.05) is 29.1 Å². The van der Waals surface area contributed by atoms with Gasteiger partial charge in [-0.1, -0.05) is 29.3 Å². The molecule has 1 heterocycles. The van der Waals surface area contributed by atoms with Crippen LogP contribution in [-0.4, -0.2) is 9.55 Å². The summed E-state index contributed by atoms with van der Waals surface area (Å²) in [6.07, 6.45) is 7.31. The van der Waals surface area contributed by atoms with Crippen LogP contribution in [0.2, 0.25) is 10.0 Å². The Morgan fingerprint density at radius 1 is 1.31 bits per heavy atom. The lowest BCUT2D eigenvalue weighted by atomic mass is 10.2. The Morgan fingerprint density at radius 2 is 2.12 bits per heavy atom. The van der Waals surface area contributed by atoms with Crippen molar-refractivity contribution < 1.29 is 0 Å². The Labute approximate surface area is 112 Å². The van der Waals surface area contributed by atoms with Crippen LogP contribution in [0.4, 0.5) is 0 Å². The Kier molecular flexibility index (Phi) is 3.69. The number of nitrogens with zero attached hydrogens (tertiary/aromatic N) is 2. The van der Waals surface area contributed by atoms with Crippen LogP contribution >= 0.6 is 39.1 Å². The van der Waals surface area contributed by atoms with E-state index in [1.165, 1.54) is 0 Å². The predicted molar refractivity (Wildman–Crippen MR) is 71.6 cm³/mol. The summed E-state index contributed by atoms with van der Waals surface area (Å²) in [6, 6.07) is 5.39. The van der Waals surface area contributed by atoms with E-state index in [0.717, 1.165) is 10.2 Å². The predicted octanol–water partition coefficient (Wildman–Crippen LogP) is 4.58. The van der Waals surface area contributed by atoms with Crippen molar-refractivity contribution in [3.63, 3.8) is 0 Å². The van der Waals surface area contributed by atoms with Gasteiger partial charge in [-0.25, -0.2) is 4.98 Å². The first-order chi connectivity index (χ1) is 7.65. The summed E-state index contributed by atoms with van der Waals surface area (Å²) in [6.45, 7) is 0. The number of benzene rings is 1. The smallest absolute Gasteiger partial charge is 0.124 e. The van der Waals surface area contributed by atoms with Crippen LogP contribution in [0.25, 0.3) is 12.3 Å². The molecule has 2 nitrogen and oxygen atoms in total. The Bertz CT molecular complexity index is 535. The van der Waals surface area contributed by atoms with E-state index in [9.17, 15) is 0 Å². The molecule has 0 aliphatic carbocycles. The van der Waals surface area contributed by atoms with Crippen LogP contribution in [0.15, 0.2) is 35.3 Å². The second-order valence-electron chi connectivity index (χ2n) is 3.13. The number of rotatable bonds is 2. The third kappa shape index (κ3) is 2.88. The van der Waals surface area contributed by atoms with Crippen molar-refractivity contribution in [3.8, 4) is 0 Å². The molecule has 0 bridgehead atoms. The van der Waals surface area contributed by atoms with Gasteiger partial charge in [-0.05, 0) is 39.7 Å². The first kappa shape index (κ1) is 11.7. The van der Waals surface area contributed by atoms with Gasteiger partial charge in [0, 0.05) is 22.4 Å². The van der Waals surface area contributed by atoms with Gasteiger partial charge in [-0.2, -0.15) is 0 Å². The molecule has 0 aliphatic rings. The van der Waals surface area contributed by atoms with Crippen molar-refractivity contribution in [2.75, 3.05) is 0 Å². The molecule has 0 spiro atoms. The highest BCUT2D eigenvalue weighted by atomic mass is 79.9. The van der Waals surface area contributed by atoms with Crippen LogP contribution in [0.3, 0.4) is 0 Å². The van der Waals surface area contributed by atoms with Gasteiger partial charge in [-0.3, -0.25) is 0 Å². The zero-order valence-electron chi connectivity index (χ0n) is 8.07. The van der Waals surface area contributed by atoms with Crippen LogP contribution in [0.1, 0.15) is 5.56 Å². The number of halogens is 3. The van der Waals surface area contributed by atoms with Crippen molar-refractivity contribution in [3.05, 3.63) is 50.9 Å². The van der Waals surface area contributed by atoms with E-state index in [4.69, 9.17) is 23.2 Å². The average Bonchev–Trinajstić information content (AvgIpc) is 2.63. The first-order valence-corrected chi connectivity index (χ1v) is 6.02. The number of hydrogen-bond donors (Lipinski definition) is 0. The number of hydrogen-bond acceptors (Lipinski definition) is 1. The number of imidazole rings is 1. The molecular weight excluding hydrogens is 311 g/mol. The summed E-state index contributed by atoms with van der Waals surface area (Å²) < 4.78 is 2.62. The van der Waals surface area contributed by atoms with Gasteiger partial charge in [0.1, 0.15) is 10.9 Å². The molecule has 2 rings (SSSR count). The van der Waals surface area contributed by atoms with Gasteiger partial charge in [0.2, 0.25) is 0 Å². The molecule has 0 fully saturated rings. The fourth-order valence-electron chi connectivity index (χ4n) is 1.20. The monoisotopic (exact) mass is 316 g/mol. The van der Waals surface area contributed by atoms with E-state index in [1.54, 1.807) is 18.5 Å². The van der Waals surface area contributed by atoms with Crippen LogP contribution in [-0.2, 0) is 0 Å². The van der Waals surface area contributed by atoms with E-state index >= 15 is 0 Å². The minimum Gasteiger partial charge on any atom is -0.312 e. The topological polar surface area (TPSA) is 17.8 Å². The lowest BCUT2D eigenvalue weighted by Gasteiger charge is -1.98. The Hall–Kier alpha value is -0.770. The van der Waals surface area contributed by atoms with E-state index in [-0.39, 0.29) is 0 Å². The van der Waals surface area contributed by atoms with E-state index < -0.39 is 0 Å². The zero-order valence-corrected chi connectivity index (χ0v) is 11.2. The van der Waals surface area contributed by atoms with Gasteiger partial charge in [-0.15, -0.1) is 0 Å². The van der Waals surface area contributed by atoms with Crippen molar-refractivity contribution in [1.82, 2.24) is 9.55 Å². The SMILES string of the molecule is Clc1ccc(/C=C/n2cnc(Br)c2)c(Cl)c1. The maximum absolute atomic E-state index is 6.03. The molecule has 0 aliphatic heterocycles. The molecule has 0 saturated heterocycles. The van der Waals surface area contributed by atoms with Crippen molar-refractivity contribution in [1.29, 1.82) is 0 Å². The number of aromatic nitrogens is 2. The molecule has 2 aromatic rings. The van der Waals surface area contributed by atoms with Crippen LogP contribution in [0.5, 0.6) is 0 Å². The fourth-order valence-corrected chi connectivity index (χ4v) is 2.00. The highest BCUT2D eigenvalue weighted by molar-refractivity contribution is 9.10. The summed E-state index contributed by atoms with van der Waals surface area (Å²) >= 11 is 15.1. The Balaban J connectivity index is 2.23. The molecule has 0 unspecified atom stereocenters.